The van der Waals surface area contributed by atoms with Crippen molar-refractivity contribution >= 4 is 28.6 Å². The van der Waals surface area contributed by atoms with Crippen molar-refractivity contribution < 1.29 is 14.4 Å². The van der Waals surface area contributed by atoms with Gasteiger partial charge in [-0.15, -0.1) is 13.2 Å². The maximum Gasteiger partial charge on any atom is 0.325 e. The molecule has 1 saturated heterocycles. The van der Waals surface area contributed by atoms with Crippen LogP contribution in [0.5, 0.6) is 0 Å². The lowest BCUT2D eigenvalue weighted by atomic mass is 9.90. The molecule has 0 aromatic heterocycles. The first-order valence-corrected chi connectivity index (χ1v) is 9.03. The number of nitrogens with one attached hydrogen (secondary N) is 1. The van der Waals surface area contributed by atoms with Gasteiger partial charge in [0.2, 0.25) is 5.91 Å². The highest BCUT2D eigenvalue weighted by molar-refractivity contribution is 6.09. The fourth-order valence-corrected chi connectivity index (χ4v) is 3.36. The van der Waals surface area contributed by atoms with Gasteiger partial charge in [-0.1, -0.05) is 48.6 Å². The number of amides is 4. The van der Waals surface area contributed by atoms with Crippen LogP contribution in [-0.2, 0) is 15.1 Å². The van der Waals surface area contributed by atoms with Crippen LogP contribution in [0.3, 0.4) is 0 Å². The molecule has 6 nitrogen and oxygen atoms in total. The summed E-state index contributed by atoms with van der Waals surface area (Å²) in [5.74, 6) is -0.788. The van der Waals surface area contributed by atoms with Gasteiger partial charge < -0.3 is 10.2 Å². The van der Waals surface area contributed by atoms with Crippen LogP contribution in [0.25, 0.3) is 10.8 Å². The van der Waals surface area contributed by atoms with E-state index in [1.165, 1.54) is 4.90 Å². The quantitative estimate of drug-likeness (QED) is 0.596. The van der Waals surface area contributed by atoms with E-state index in [1.807, 2.05) is 42.5 Å². The molecule has 1 aliphatic rings. The zero-order valence-electron chi connectivity index (χ0n) is 15.9. The van der Waals surface area contributed by atoms with Crippen molar-refractivity contribution in [2.45, 2.75) is 12.5 Å². The van der Waals surface area contributed by atoms with E-state index in [2.05, 4.69) is 18.5 Å². The van der Waals surface area contributed by atoms with Gasteiger partial charge in [0.15, 0.2) is 0 Å². The highest BCUT2D eigenvalue weighted by atomic mass is 16.2. The first kappa shape index (κ1) is 19.4. The zero-order valence-corrected chi connectivity index (χ0v) is 15.9. The van der Waals surface area contributed by atoms with Crippen molar-refractivity contribution in [3.63, 3.8) is 0 Å². The van der Waals surface area contributed by atoms with E-state index in [0.29, 0.717) is 18.7 Å². The normalized spacial score (nSPS) is 18.8. The molecule has 0 bridgehead atoms. The van der Waals surface area contributed by atoms with Crippen molar-refractivity contribution in [2.75, 3.05) is 19.6 Å². The Labute approximate surface area is 164 Å². The Bertz CT molecular complexity index is 958. The molecule has 6 heteroatoms. The van der Waals surface area contributed by atoms with E-state index < -0.39 is 17.5 Å². The maximum absolute atomic E-state index is 13.1. The summed E-state index contributed by atoms with van der Waals surface area (Å²) in [6, 6.07) is 12.8. The van der Waals surface area contributed by atoms with Gasteiger partial charge in [0.1, 0.15) is 12.1 Å². The Morgan fingerprint density at radius 1 is 1.11 bits per heavy atom. The van der Waals surface area contributed by atoms with Crippen molar-refractivity contribution in [1.29, 1.82) is 0 Å². The van der Waals surface area contributed by atoms with Gasteiger partial charge in [0.25, 0.3) is 5.91 Å². The lowest BCUT2D eigenvalue weighted by Gasteiger charge is -2.24. The van der Waals surface area contributed by atoms with Crippen LogP contribution in [-0.4, -0.2) is 47.3 Å². The van der Waals surface area contributed by atoms with Crippen LogP contribution in [0.15, 0.2) is 67.8 Å². The van der Waals surface area contributed by atoms with Crippen LogP contribution in [0.4, 0.5) is 4.79 Å². The summed E-state index contributed by atoms with van der Waals surface area (Å²) in [5, 5.41) is 4.76. The SMILES string of the molecule is C=CCN(CC=C)C(=O)CN1C(=O)N[C@@](C)(c2ccc3ccccc3c2)C1=O. The molecule has 0 saturated carbocycles. The lowest BCUT2D eigenvalue weighted by molar-refractivity contribution is -0.138. The molecule has 4 amide bonds. The summed E-state index contributed by atoms with van der Waals surface area (Å²) in [5.41, 5.74) is -0.545. The second-order valence-corrected chi connectivity index (χ2v) is 6.88. The molecule has 1 atom stereocenters. The number of benzene rings is 2. The molecular formula is C22H23N3O3. The summed E-state index contributed by atoms with van der Waals surface area (Å²) in [6.07, 6.45) is 3.18. The van der Waals surface area contributed by atoms with E-state index in [4.69, 9.17) is 0 Å². The summed E-state index contributed by atoms with van der Waals surface area (Å²) < 4.78 is 0. The average molecular weight is 377 g/mol. The molecule has 1 N–H and O–H groups in total. The van der Waals surface area contributed by atoms with Crippen LogP contribution >= 0.6 is 0 Å². The molecule has 28 heavy (non-hydrogen) atoms. The molecule has 1 heterocycles. The molecular weight excluding hydrogens is 354 g/mol. The number of rotatable bonds is 7. The number of hydrogen-bond donors (Lipinski definition) is 1. The van der Waals surface area contributed by atoms with Gasteiger partial charge in [-0.25, -0.2) is 4.79 Å². The van der Waals surface area contributed by atoms with Crippen molar-refractivity contribution in [3.8, 4) is 0 Å². The van der Waals surface area contributed by atoms with Crippen molar-refractivity contribution in [1.82, 2.24) is 15.1 Å². The number of urea groups is 1. The minimum absolute atomic E-state index is 0.316. The third kappa shape index (κ3) is 3.41. The number of imide groups is 1. The molecule has 0 radical (unpaired) electrons. The molecule has 0 aliphatic carbocycles. The van der Waals surface area contributed by atoms with Crippen LogP contribution in [0.2, 0.25) is 0 Å². The summed E-state index contributed by atoms with van der Waals surface area (Å²) in [6.45, 7) is 9.22. The van der Waals surface area contributed by atoms with Gasteiger partial charge in [0, 0.05) is 13.1 Å². The highest BCUT2D eigenvalue weighted by Gasteiger charge is 2.49. The lowest BCUT2D eigenvalue weighted by Crippen LogP contribution is -2.44. The third-order valence-electron chi connectivity index (χ3n) is 4.95. The Morgan fingerprint density at radius 2 is 1.75 bits per heavy atom. The number of hydrogen-bond acceptors (Lipinski definition) is 3. The molecule has 0 unspecified atom stereocenters. The molecule has 144 valence electrons. The minimum atomic E-state index is -1.22. The van der Waals surface area contributed by atoms with Gasteiger partial charge in [-0.3, -0.25) is 14.5 Å². The van der Waals surface area contributed by atoms with E-state index in [-0.39, 0.29) is 12.5 Å². The first-order chi connectivity index (χ1) is 13.4. The monoisotopic (exact) mass is 377 g/mol. The predicted molar refractivity (Wildman–Crippen MR) is 109 cm³/mol. The molecule has 3 rings (SSSR count). The van der Waals surface area contributed by atoms with Crippen molar-refractivity contribution in [3.05, 3.63) is 73.3 Å². The number of fused-ring (bicyclic) bond motifs is 1. The minimum Gasteiger partial charge on any atom is -0.334 e. The number of nitrogens with zero attached hydrogens (tertiary/aromatic N) is 2. The van der Waals surface area contributed by atoms with E-state index >= 15 is 0 Å². The first-order valence-electron chi connectivity index (χ1n) is 9.03. The highest BCUT2D eigenvalue weighted by Crippen LogP contribution is 2.31. The fraction of sp³-hybridized carbons (Fsp3) is 0.227. The third-order valence-corrected chi connectivity index (χ3v) is 4.95. The topological polar surface area (TPSA) is 69.7 Å². The number of carbonyl (C=O) groups is 3. The van der Waals surface area contributed by atoms with Gasteiger partial charge in [0.05, 0.1) is 0 Å². The molecule has 1 fully saturated rings. The summed E-state index contributed by atoms with van der Waals surface area (Å²) in [4.78, 5) is 40.6. The second kappa shape index (κ2) is 7.68. The molecule has 0 spiro atoms. The summed E-state index contributed by atoms with van der Waals surface area (Å²) >= 11 is 0. The second-order valence-electron chi connectivity index (χ2n) is 6.88. The Hall–Kier alpha value is -3.41. The van der Waals surface area contributed by atoms with Gasteiger partial charge >= 0.3 is 6.03 Å². The average Bonchev–Trinajstić information content (AvgIpc) is 2.91. The Morgan fingerprint density at radius 3 is 2.39 bits per heavy atom. The van der Waals surface area contributed by atoms with E-state index in [0.717, 1.165) is 15.7 Å². The molecule has 2 aromatic rings. The predicted octanol–water partition coefficient (Wildman–Crippen LogP) is 2.81. The van der Waals surface area contributed by atoms with Gasteiger partial charge in [-0.2, -0.15) is 0 Å². The maximum atomic E-state index is 13.1. The fourth-order valence-electron chi connectivity index (χ4n) is 3.36. The van der Waals surface area contributed by atoms with Crippen molar-refractivity contribution in [2.24, 2.45) is 0 Å². The largest absolute Gasteiger partial charge is 0.334 e. The Balaban J connectivity index is 1.86. The number of carbonyl (C=O) groups excluding carboxylic acids is 3. The smallest absolute Gasteiger partial charge is 0.325 e. The Kier molecular flexibility index (Phi) is 5.31. The van der Waals surface area contributed by atoms with Crippen LogP contribution in [0.1, 0.15) is 12.5 Å². The van der Waals surface area contributed by atoms with Crippen LogP contribution < -0.4 is 5.32 Å². The molecule has 1 aliphatic heterocycles. The summed E-state index contributed by atoms with van der Waals surface area (Å²) in [7, 11) is 0. The zero-order chi connectivity index (χ0) is 20.3. The standard InChI is InChI=1S/C22H23N3O3/c1-4-12-24(13-5-2)19(26)15-25-20(27)22(3,23-21(25)28)18-11-10-16-8-6-7-9-17(16)14-18/h4-11,14H,1-2,12-13,15H2,3H3,(H,23,28)/t22-/m0/s1. The van der Waals surface area contributed by atoms with Gasteiger partial charge in [-0.05, 0) is 29.3 Å². The van der Waals surface area contributed by atoms with E-state index in [1.54, 1.807) is 19.1 Å². The molecule has 2 aromatic carbocycles. The van der Waals surface area contributed by atoms with Crippen LogP contribution in [0, 0.1) is 0 Å². The van der Waals surface area contributed by atoms with E-state index in [9.17, 15) is 14.4 Å².